The highest BCUT2D eigenvalue weighted by atomic mass is 32.2. The quantitative estimate of drug-likeness (QED) is 0.428. The van der Waals surface area contributed by atoms with E-state index < -0.39 is 0 Å². The molecular formula is C23H20N2O2S. The monoisotopic (exact) mass is 388 g/mol. The molecule has 0 fully saturated rings. The van der Waals surface area contributed by atoms with Crippen molar-refractivity contribution < 1.29 is 9.21 Å². The highest BCUT2D eigenvalue weighted by molar-refractivity contribution is 7.99. The largest absolute Gasteiger partial charge is 0.431 e. The summed E-state index contributed by atoms with van der Waals surface area (Å²) >= 11 is 1.32. The Hall–Kier alpha value is -3.05. The number of oxazole rings is 1. The number of hydrogen-bond donors (Lipinski definition) is 0. The molecule has 0 saturated heterocycles. The van der Waals surface area contributed by atoms with Crippen LogP contribution in [0, 0.1) is 0 Å². The van der Waals surface area contributed by atoms with E-state index in [1.54, 1.807) is 4.90 Å². The third kappa shape index (κ3) is 3.94. The predicted octanol–water partition coefficient (Wildman–Crippen LogP) is 5.17. The van der Waals surface area contributed by atoms with Crippen molar-refractivity contribution in [3.63, 3.8) is 0 Å². The van der Waals surface area contributed by atoms with Crippen molar-refractivity contribution in [2.45, 2.75) is 11.3 Å². The number of hydrogen-bond acceptors (Lipinski definition) is 4. The number of rotatable bonds is 6. The molecule has 0 atom stereocenters. The molecule has 0 aliphatic carbocycles. The number of nitrogens with zero attached hydrogens (tertiary/aromatic N) is 2. The Morgan fingerprint density at radius 1 is 0.929 bits per heavy atom. The summed E-state index contributed by atoms with van der Waals surface area (Å²) in [6.07, 6.45) is 0. The lowest BCUT2D eigenvalue weighted by atomic mass is 9.97. The van der Waals surface area contributed by atoms with E-state index in [9.17, 15) is 4.79 Å². The fourth-order valence-electron chi connectivity index (χ4n) is 3.19. The van der Waals surface area contributed by atoms with Gasteiger partial charge in [-0.3, -0.25) is 4.79 Å². The Kier molecular flexibility index (Phi) is 5.44. The molecule has 0 aliphatic heterocycles. The first-order valence-corrected chi connectivity index (χ1v) is 10.0. The molecule has 4 nitrogen and oxygen atoms in total. The van der Waals surface area contributed by atoms with E-state index in [0.29, 0.717) is 5.22 Å². The zero-order valence-electron chi connectivity index (χ0n) is 15.5. The Morgan fingerprint density at radius 2 is 1.50 bits per heavy atom. The van der Waals surface area contributed by atoms with Gasteiger partial charge in [-0.25, -0.2) is 4.98 Å². The molecule has 0 bridgehead atoms. The second-order valence-electron chi connectivity index (χ2n) is 6.46. The lowest BCUT2D eigenvalue weighted by Crippen LogP contribution is -2.33. The van der Waals surface area contributed by atoms with Gasteiger partial charge in [0.15, 0.2) is 5.58 Å². The second-order valence-corrected chi connectivity index (χ2v) is 7.39. The molecule has 0 aliphatic rings. The number of para-hydroxylation sites is 2. The first-order chi connectivity index (χ1) is 13.7. The van der Waals surface area contributed by atoms with Crippen molar-refractivity contribution in [1.82, 2.24) is 9.88 Å². The van der Waals surface area contributed by atoms with Gasteiger partial charge in [-0.1, -0.05) is 84.6 Å². The first kappa shape index (κ1) is 18.3. The maximum atomic E-state index is 13.0. The molecule has 4 aromatic rings. The molecule has 0 saturated carbocycles. The summed E-state index contributed by atoms with van der Waals surface area (Å²) in [6.45, 7) is 0. The molecule has 0 spiro atoms. The maximum absolute atomic E-state index is 13.0. The number of carbonyl (C=O) groups is 1. The van der Waals surface area contributed by atoms with E-state index in [-0.39, 0.29) is 17.7 Å². The SMILES string of the molecule is CN(C(=O)CSc1nc2ccccc2o1)C(c1ccccc1)c1ccccc1. The molecule has 5 heteroatoms. The summed E-state index contributed by atoms with van der Waals surface area (Å²) in [5, 5.41) is 0.513. The van der Waals surface area contributed by atoms with Crippen molar-refractivity contribution in [1.29, 1.82) is 0 Å². The average Bonchev–Trinajstić information content (AvgIpc) is 3.17. The molecule has 0 unspecified atom stereocenters. The summed E-state index contributed by atoms with van der Waals surface area (Å²) in [5.41, 5.74) is 3.70. The molecule has 1 amide bonds. The van der Waals surface area contributed by atoms with E-state index in [4.69, 9.17) is 4.42 Å². The normalized spacial score (nSPS) is 11.1. The minimum Gasteiger partial charge on any atom is -0.431 e. The van der Waals surface area contributed by atoms with Crippen LogP contribution in [0.15, 0.2) is 94.6 Å². The molecule has 4 rings (SSSR count). The van der Waals surface area contributed by atoms with Crippen LogP contribution >= 0.6 is 11.8 Å². The summed E-state index contributed by atoms with van der Waals surface area (Å²) < 4.78 is 5.71. The zero-order valence-corrected chi connectivity index (χ0v) is 16.3. The first-order valence-electron chi connectivity index (χ1n) is 9.06. The fourth-order valence-corrected chi connectivity index (χ4v) is 3.95. The lowest BCUT2D eigenvalue weighted by Gasteiger charge is -2.29. The van der Waals surface area contributed by atoms with E-state index in [0.717, 1.165) is 22.2 Å². The smallest absolute Gasteiger partial charge is 0.257 e. The van der Waals surface area contributed by atoms with E-state index >= 15 is 0 Å². The maximum Gasteiger partial charge on any atom is 0.257 e. The van der Waals surface area contributed by atoms with Crippen LogP contribution in [0.1, 0.15) is 17.2 Å². The highest BCUT2D eigenvalue weighted by Gasteiger charge is 2.23. The minimum absolute atomic E-state index is 0.0185. The van der Waals surface area contributed by atoms with Gasteiger partial charge >= 0.3 is 0 Å². The molecule has 28 heavy (non-hydrogen) atoms. The Morgan fingerprint density at radius 3 is 2.11 bits per heavy atom. The van der Waals surface area contributed by atoms with E-state index in [2.05, 4.69) is 29.2 Å². The van der Waals surface area contributed by atoms with Gasteiger partial charge in [0.05, 0.1) is 11.8 Å². The summed E-state index contributed by atoms with van der Waals surface area (Å²) in [5.74, 6) is 0.282. The van der Waals surface area contributed by atoms with Crippen LogP contribution in [0.25, 0.3) is 11.1 Å². The molecular weight excluding hydrogens is 368 g/mol. The Bertz CT molecular complexity index is 991. The van der Waals surface area contributed by atoms with Crippen molar-refractivity contribution >= 4 is 28.8 Å². The van der Waals surface area contributed by atoms with Gasteiger partial charge in [0, 0.05) is 7.05 Å². The third-order valence-electron chi connectivity index (χ3n) is 4.60. The number of carbonyl (C=O) groups excluding carboxylic acids is 1. The van der Waals surface area contributed by atoms with Gasteiger partial charge < -0.3 is 9.32 Å². The Labute approximate surface area is 168 Å². The van der Waals surface area contributed by atoms with Gasteiger partial charge in [-0.15, -0.1) is 0 Å². The lowest BCUT2D eigenvalue weighted by molar-refractivity contribution is -0.128. The Balaban J connectivity index is 1.52. The van der Waals surface area contributed by atoms with Gasteiger partial charge in [0.2, 0.25) is 5.91 Å². The third-order valence-corrected chi connectivity index (χ3v) is 5.42. The zero-order chi connectivity index (χ0) is 19.3. The van der Waals surface area contributed by atoms with Crippen LogP contribution in [0.2, 0.25) is 0 Å². The van der Waals surface area contributed by atoms with Gasteiger partial charge in [-0.2, -0.15) is 0 Å². The average molecular weight is 388 g/mol. The summed E-state index contributed by atoms with van der Waals surface area (Å²) in [4.78, 5) is 19.2. The number of thioether (sulfide) groups is 1. The topological polar surface area (TPSA) is 46.3 Å². The van der Waals surface area contributed by atoms with Crippen LogP contribution in [-0.4, -0.2) is 28.6 Å². The predicted molar refractivity (Wildman–Crippen MR) is 112 cm³/mol. The van der Waals surface area contributed by atoms with Crippen LogP contribution in [0.4, 0.5) is 0 Å². The molecule has 140 valence electrons. The molecule has 0 N–H and O–H groups in total. The number of aromatic nitrogens is 1. The number of benzene rings is 3. The van der Waals surface area contributed by atoms with Gasteiger partial charge in [0.25, 0.3) is 5.22 Å². The van der Waals surface area contributed by atoms with E-state index in [1.165, 1.54) is 11.8 Å². The highest BCUT2D eigenvalue weighted by Crippen LogP contribution is 2.29. The molecule has 1 aromatic heterocycles. The summed E-state index contributed by atoms with van der Waals surface area (Å²) in [6, 6.07) is 27.6. The molecule has 3 aromatic carbocycles. The van der Waals surface area contributed by atoms with Crippen LogP contribution in [-0.2, 0) is 4.79 Å². The number of amides is 1. The summed E-state index contributed by atoms with van der Waals surface area (Å²) in [7, 11) is 1.85. The molecule has 1 heterocycles. The fraction of sp³-hybridized carbons (Fsp3) is 0.130. The van der Waals surface area contributed by atoms with Crippen molar-refractivity contribution in [2.24, 2.45) is 0 Å². The number of fused-ring (bicyclic) bond motifs is 1. The van der Waals surface area contributed by atoms with Crippen LogP contribution in [0.5, 0.6) is 0 Å². The second kappa shape index (κ2) is 8.31. The minimum atomic E-state index is -0.140. The van der Waals surface area contributed by atoms with Crippen molar-refractivity contribution in [2.75, 3.05) is 12.8 Å². The van der Waals surface area contributed by atoms with Gasteiger partial charge in [0.1, 0.15) is 5.52 Å². The van der Waals surface area contributed by atoms with E-state index in [1.807, 2.05) is 67.7 Å². The van der Waals surface area contributed by atoms with Gasteiger partial charge in [-0.05, 0) is 23.3 Å². The standard InChI is InChI=1S/C23H20N2O2S/c1-25(21(26)16-28-23-24-19-14-8-9-15-20(19)27-23)22(17-10-4-2-5-11-17)18-12-6-3-7-13-18/h2-15,22H,16H2,1H3. The van der Waals surface area contributed by atoms with Crippen molar-refractivity contribution in [3.05, 3.63) is 96.1 Å². The van der Waals surface area contributed by atoms with Crippen LogP contribution in [0.3, 0.4) is 0 Å². The van der Waals surface area contributed by atoms with Crippen molar-refractivity contribution in [3.8, 4) is 0 Å². The molecule has 0 radical (unpaired) electrons. The van der Waals surface area contributed by atoms with Crippen LogP contribution < -0.4 is 0 Å².